The van der Waals surface area contributed by atoms with E-state index in [9.17, 15) is 9.90 Å². The fraction of sp³-hybridized carbons (Fsp3) is 0.444. The van der Waals surface area contributed by atoms with Crippen LogP contribution in [0.3, 0.4) is 0 Å². The van der Waals surface area contributed by atoms with Gasteiger partial charge in [0.2, 0.25) is 0 Å². The minimum Gasteiger partial charge on any atom is -0.385 e. The molecule has 0 heterocycles. The van der Waals surface area contributed by atoms with Gasteiger partial charge < -0.3 is 5.11 Å². The smallest absolute Gasteiger partial charge is 0.251 e. The third-order valence-electron chi connectivity index (χ3n) is 2.31. The van der Waals surface area contributed by atoms with E-state index >= 15 is 0 Å². The Balaban J connectivity index is 3.06. The first-order chi connectivity index (χ1) is 5.46. The fourth-order valence-electron chi connectivity index (χ4n) is 1.18. The number of aliphatic hydroxyl groups is 1. The van der Waals surface area contributed by atoms with Crippen LogP contribution in [0.1, 0.15) is 13.8 Å². The van der Waals surface area contributed by atoms with E-state index < -0.39 is 10.8 Å². The monoisotopic (exact) mass is 186 g/mol. The van der Waals surface area contributed by atoms with Gasteiger partial charge in [0.15, 0.2) is 0 Å². The SMILES string of the molecule is CC1C=CC=C(C(=O)Cl)C1(C)O. The highest BCUT2D eigenvalue weighted by atomic mass is 35.5. The predicted molar refractivity (Wildman–Crippen MR) is 47.9 cm³/mol. The summed E-state index contributed by atoms with van der Waals surface area (Å²) in [6.07, 6.45) is 5.12. The van der Waals surface area contributed by atoms with E-state index in [4.69, 9.17) is 11.6 Å². The maximum Gasteiger partial charge on any atom is 0.251 e. The van der Waals surface area contributed by atoms with Crippen molar-refractivity contribution in [2.24, 2.45) is 5.92 Å². The van der Waals surface area contributed by atoms with Crippen molar-refractivity contribution in [2.45, 2.75) is 19.4 Å². The number of allylic oxidation sites excluding steroid dienone is 2. The molecule has 0 saturated carbocycles. The maximum absolute atomic E-state index is 10.9. The van der Waals surface area contributed by atoms with Gasteiger partial charge in [-0.3, -0.25) is 4.79 Å². The van der Waals surface area contributed by atoms with Crippen molar-refractivity contribution in [1.82, 2.24) is 0 Å². The molecule has 1 aliphatic rings. The van der Waals surface area contributed by atoms with Crippen LogP contribution in [0.25, 0.3) is 0 Å². The van der Waals surface area contributed by atoms with Crippen molar-refractivity contribution >= 4 is 16.8 Å². The second-order valence-electron chi connectivity index (χ2n) is 3.18. The summed E-state index contributed by atoms with van der Waals surface area (Å²) in [5, 5.41) is 9.26. The molecule has 2 nitrogen and oxygen atoms in total. The molecule has 66 valence electrons. The second-order valence-corrected chi connectivity index (χ2v) is 3.52. The lowest BCUT2D eigenvalue weighted by Gasteiger charge is -2.31. The molecule has 0 amide bonds. The second kappa shape index (κ2) is 3.04. The van der Waals surface area contributed by atoms with E-state index in [0.717, 1.165) is 0 Å². The Morgan fingerprint density at radius 1 is 1.75 bits per heavy atom. The molecule has 0 fully saturated rings. The lowest BCUT2D eigenvalue weighted by molar-refractivity contribution is -0.111. The highest BCUT2D eigenvalue weighted by Crippen LogP contribution is 2.31. The summed E-state index contributed by atoms with van der Waals surface area (Å²) in [6, 6.07) is 0. The lowest BCUT2D eigenvalue weighted by atomic mass is 9.81. The summed E-state index contributed by atoms with van der Waals surface area (Å²) < 4.78 is 0. The zero-order valence-corrected chi connectivity index (χ0v) is 7.80. The summed E-state index contributed by atoms with van der Waals surface area (Å²) in [6.45, 7) is 3.43. The zero-order valence-electron chi connectivity index (χ0n) is 7.04. The van der Waals surface area contributed by atoms with Gasteiger partial charge in [-0.2, -0.15) is 0 Å². The first kappa shape index (κ1) is 9.49. The molecule has 12 heavy (non-hydrogen) atoms. The first-order valence-corrected chi connectivity index (χ1v) is 4.15. The molecule has 2 unspecified atom stereocenters. The largest absolute Gasteiger partial charge is 0.385 e. The van der Waals surface area contributed by atoms with Crippen molar-refractivity contribution in [3.63, 3.8) is 0 Å². The number of hydrogen-bond acceptors (Lipinski definition) is 2. The molecule has 0 aliphatic heterocycles. The fourth-order valence-corrected chi connectivity index (χ4v) is 1.44. The first-order valence-electron chi connectivity index (χ1n) is 3.77. The number of halogens is 1. The lowest BCUT2D eigenvalue weighted by Crippen LogP contribution is -2.37. The summed E-state index contributed by atoms with van der Waals surface area (Å²) in [5.41, 5.74) is -0.868. The predicted octanol–water partition coefficient (Wildman–Crippen LogP) is 1.64. The van der Waals surface area contributed by atoms with Gasteiger partial charge in [0.05, 0.1) is 5.60 Å². The van der Waals surface area contributed by atoms with Crippen molar-refractivity contribution in [3.05, 3.63) is 23.8 Å². The minimum absolute atomic E-state index is 0.0831. The van der Waals surface area contributed by atoms with E-state index in [-0.39, 0.29) is 11.5 Å². The van der Waals surface area contributed by atoms with Gasteiger partial charge in [0.1, 0.15) is 0 Å². The molecule has 0 saturated heterocycles. The van der Waals surface area contributed by atoms with E-state index in [1.165, 1.54) is 0 Å². The van der Waals surface area contributed by atoms with Crippen molar-refractivity contribution in [1.29, 1.82) is 0 Å². The topological polar surface area (TPSA) is 37.3 Å². The Labute approximate surface area is 76.5 Å². The molecule has 1 aliphatic carbocycles. The third-order valence-corrected chi connectivity index (χ3v) is 2.51. The molecule has 1 rings (SSSR count). The standard InChI is InChI=1S/C9H11ClO2/c1-6-4-3-5-7(8(10)11)9(6,2)12/h3-6,12H,1-2H3. The van der Waals surface area contributed by atoms with Gasteiger partial charge in [-0.05, 0) is 18.5 Å². The maximum atomic E-state index is 10.9. The Morgan fingerprint density at radius 3 is 2.75 bits per heavy atom. The van der Waals surface area contributed by atoms with E-state index in [1.54, 1.807) is 19.1 Å². The highest BCUT2D eigenvalue weighted by Gasteiger charge is 2.35. The molecular weight excluding hydrogens is 176 g/mol. The molecule has 0 aromatic heterocycles. The van der Waals surface area contributed by atoms with Crippen LogP contribution in [0.4, 0.5) is 0 Å². The summed E-state index contributed by atoms with van der Waals surface area (Å²) >= 11 is 5.31. The van der Waals surface area contributed by atoms with Crippen LogP contribution in [0.2, 0.25) is 0 Å². The van der Waals surface area contributed by atoms with Crippen LogP contribution in [0, 0.1) is 5.92 Å². The highest BCUT2D eigenvalue weighted by molar-refractivity contribution is 6.68. The molecule has 0 bridgehead atoms. The molecular formula is C9H11ClO2. The number of carbonyl (C=O) groups is 1. The van der Waals surface area contributed by atoms with Gasteiger partial charge in [0.25, 0.3) is 5.24 Å². The van der Waals surface area contributed by atoms with Crippen LogP contribution in [-0.2, 0) is 4.79 Å². The normalized spacial score (nSPS) is 34.7. The summed E-state index contributed by atoms with van der Waals surface area (Å²) in [7, 11) is 0. The molecule has 0 aromatic rings. The van der Waals surface area contributed by atoms with Crippen molar-refractivity contribution in [3.8, 4) is 0 Å². The van der Waals surface area contributed by atoms with Gasteiger partial charge in [-0.15, -0.1) is 0 Å². The third kappa shape index (κ3) is 1.45. The molecule has 0 radical (unpaired) electrons. The average molecular weight is 187 g/mol. The van der Waals surface area contributed by atoms with Crippen LogP contribution in [-0.4, -0.2) is 16.0 Å². The summed E-state index contributed by atoms with van der Waals surface area (Å²) in [4.78, 5) is 10.9. The molecule has 0 spiro atoms. The molecule has 2 atom stereocenters. The number of carbonyl (C=O) groups excluding carboxylic acids is 1. The van der Waals surface area contributed by atoms with E-state index in [0.29, 0.717) is 0 Å². The number of rotatable bonds is 1. The Morgan fingerprint density at radius 2 is 2.33 bits per heavy atom. The van der Waals surface area contributed by atoms with Gasteiger partial charge in [0, 0.05) is 11.5 Å². The number of hydrogen-bond donors (Lipinski definition) is 1. The van der Waals surface area contributed by atoms with Crippen molar-refractivity contribution in [2.75, 3.05) is 0 Å². The van der Waals surface area contributed by atoms with Crippen LogP contribution < -0.4 is 0 Å². The minimum atomic E-state index is -1.13. The molecule has 1 N–H and O–H groups in total. The van der Waals surface area contributed by atoms with Gasteiger partial charge >= 0.3 is 0 Å². The average Bonchev–Trinajstić information content (AvgIpc) is 1.94. The Kier molecular flexibility index (Phi) is 2.40. The molecule has 3 heteroatoms. The Bertz CT molecular complexity index is 264. The van der Waals surface area contributed by atoms with Crippen LogP contribution >= 0.6 is 11.6 Å². The van der Waals surface area contributed by atoms with E-state index in [2.05, 4.69) is 0 Å². The van der Waals surface area contributed by atoms with Crippen LogP contribution in [0.15, 0.2) is 23.8 Å². The van der Waals surface area contributed by atoms with Gasteiger partial charge in [-0.1, -0.05) is 25.2 Å². The summed E-state index contributed by atoms with van der Waals surface area (Å²) in [5.74, 6) is -0.0831. The van der Waals surface area contributed by atoms with E-state index in [1.807, 2.05) is 13.0 Å². The van der Waals surface area contributed by atoms with Crippen molar-refractivity contribution < 1.29 is 9.90 Å². The van der Waals surface area contributed by atoms with Crippen LogP contribution in [0.5, 0.6) is 0 Å². The van der Waals surface area contributed by atoms with Gasteiger partial charge in [-0.25, -0.2) is 0 Å². The molecule has 0 aromatic carbocycles. The zero-order chi connectivity index (χ0) is 9.35. The Hall–Kier alpha value is -0.600. The quantitative estimate of drug-likeness (QED) is 0.633.